The average molecular weight is 364 g/mol. The maximum absolute atomic E-state index is 6.46. The van der Waals surface area contributed by atoms with Crippen molar-refractivity contribution < 1.29 is 18.6 Å². The van der Waals surface area contributed by atoms with Crippen LogP contribution in [0.1, 0.15) is 12.8 Å². The minimum Gasteiger partial charge on any atom is -0.377 e. The van der Waals surface area contributed by atoms with Crippen LogP contribution >= 0.6 is 0 Å². The molecule has 0 aliphatic carbocycles. The van der Waals surface area contributed by atoms with Gasteiger partial charge < -0.3 is 19.3 Å². The molecule has 0 bridgehead atoms. The van der Waals surface area contributed by atoms with Crippen LogP contribution < -0.4 is 19.3 Å². The molecule has 0 saturated heterocycles. The third kappa shape index (κ3) is 2.19. The van der Waals surface area contributed by atoms with Crippen molar-refractivity contribution in [1.29, 1.82) is 0 Å². The number of fused-ring (bicyclic) bond motifs is 4. The van der Waals surface area contributed by atoms with Gasteiger partial charge in [0.1, 0.15) is 0 Å². The molecule has 6 heteroatoms. The van der Waals surface area contributed by atoms with Gasteiger partial charge in [0.2, 0.25) is 11.5 Å². The fourth-order valence-corrected chi connectivity index (χ4v) is 3.88. The topological polar surface area (TPSA) is 31.0 Å². The molecule has 0 atom stereocenters. The fraction of sp³-hybridized carbons (Fsp3) is 0.333. The van der Waals surface area contributed by atoms with Gasteiger partial charge in [-0.3, -0.25) is 0 Å². The van der Waals surface area contributed by atoms with E-state index in [0.717, 1.165) is 47.1 Å². The number of benzene rings is 2. The van der Waals surface area contributed by atoms with E-state index in [1.165, 1.54) is 0 Å². The molecular formula is C21H24N4O2+2. The molecule has 0 aromatic heterocycles. The summed E-state index contributed by atoms with van der Waals surface area (Å²) >= 11 is 0. The second kappa shape index (κ2) is 5.49. The molecule has 1 spiro atoms. The molecule has 2 aromatic carbocycles. The minimum atomic E-state index is -1.02. The maximum Gasteiger partial charge on any atom is 0.714 e. The van der Waals surface area contributed by atoms with Crippen molar-refractivity contribution in [2.75, 3.05) is 38.0 Å². The highest BCUT2D eigenvalue weighted by molar-refractivity contribution is 5.70. The predicted octanol–water partition coefficient (Wildman–Crippen LogP) is 3.14. The van der Waals surface area contributed by atoms with E-state index < -0.39 is 6.03 Å². The lowest BCUT2D eigenvalue weighted by Crippen LogP contribution is -2.52. The highest BCUT2D eigenvalue weighted by Gasteiger charge is 2.72. The Balaban J connectivity index is 1.67. The predicted molar refractivity (Wildman–Crippen MR) is 107 cm³/mol. The molecule has 27 heavy (non-hydrogen) atoms. The Labute approximate surface area is 159 Å². The Morgan fingerprint density at radius 3 is 1.59 bits per heavy atom. The summed E-state index contributed by atoms with van der Waals surface area (Å²) in [7, 11) is 8.18. The van der Waals surface area contributed by atoms with E-state index in [2.05, 4.69) is 55.6 Å². The molecule has 3 heterocycles. The normalized spacial score (nSPS) is 17.9. The zero-order valence-corrected chi connectivity index (χ0v) is 16.1. The first-order valence-electron chi connectivity index (χ1n) is 9.26. The highest BCUT2D eigenvalue weighted by atomic mass is 16.8. The molecule has 0 fully saturated rings. The van der Waals surface area contributed by atoms with Crippen LogP contribution in [0.5, 0.6) is 11.5 Å². The van der Waals surface area contributed by atoms with Crippen LogP contribution in [0.4, 0.5) is 22.7 Å². The number of ether oxygens (including phenoxy) is 2. The third-order valence-electron chi connectivity index (χ3n) is 5.32. The molecule has 5 rings (SSSR count). The van der Waals surface area contributed by atoms with E-state index in [0.29, 0.717) is 0 Å². The van der Waals surface area contributed by atoms with Crippen LogP contribution in [0.15, 0.2) is 36.4 Å². The summed E-state index contributed by atoms with van der Waals surface area (Å²) in [5.41, 5.74) is 4.32. The second-order valence-corrected chi connectivity index (χ2v) is 7.53. The van der Waals surface area contributed by atoms with E-state index in [9.17, 15) is 0 Å². The summed E-state index contributed by atoms with van der Waals surface area (Å²) in [5.74, 6) is 1.66. The van der Waals surface area contributed by atoms with E-state index >= 15 is 0 Å². The summed E-state index contributed by atoms with van der Waals surface area (Å²) in [4.78, 5) is 4.20. The first kappa shape index (κ1) is 16.2. The number of nitrogens with zero attached hydrogens (tertiary/aromatic N) is 4. The first-order chi connectivity index (χ1) is 13.0. The standard InChI is InChI=1S/C21H24N4O2/c1-22(2)15-7-9-19-17(13-15)24-11-5-6-12-25-18-14-16(23(3)4)8-10-20(18)27-21(24,25)26-19/h7-14H,5-6H2,1-4H3/q+2. The Kier molecular flexibility index (Phi) is 3.29. The van der Waals surface area contributed by atoms with E-state index in [-0.39, 0.29) is 0 Å². The monoisotopic (exact) mass is 364 g/mol. The van der Waals surface area contributed by atoms with Crippen molar-refractivity contribution in [3.05, 3.63) is 36.4 Å². The van der Waals surface area contributed by atoms with Crippen LogP contribution in [-0.2, 0) is 0 Å². The second-order valence-electron chi connectivity index (χ2n) is 7.53. The van der Waals surface area contributed by atoms with Crippen molar-refractivity contribution in [2.45, 2.75) is 18.9 Å². The average Bonchev–Trinajstić information content (AvgIpc) is 3.05. The lowest BCUT2D eigenvalue weighted by atomic mass is 10.2. The lowest BCUT2D eigenvalue weighted by molar-refractivity contribution is -0.830. The molecule has 0 saturated carbocycles. The molecule has 3 aliphatic heterocycles. The molecule has 0 radical (unpaired) electrons. The van der Waals surface area contributed by atoms with Gasteiger partial charge in [-0.1, -0.05) is 9.15 Å². The summed E-state index contributed by atoms with van der Waals surface area (Å²) < 4.78 is 17.2. The summed E-state index contributed by atoms with van der Waals surface area (Å²) in [6, 6.07) is 11.5. The van der Waals surface area contributed by atoms with Crippen LogP contribution in [-0.4, -0.2) is 55.8 Å². The first-order valence-corrected chi connectivity index (χ1v) is 9.26. The number of anilines is 2. The fourth-order valence-electron chi connectivity index (χ4n) is 3.88. The van der Waals surface area contributed by atoms with Gasteiger partial charge in [0.15, 0.2) is 12.4 Å². The number of hydrogen-bond donors (Lipinski definition) is 0. The van der Waals surface area contributed by atoms with Gasteiger partial charge in [-0.15, -0.1) is 0 Å². The zero-order valence-electron chi connectivity index (χ0n) is 16.1. The highest BCUT2D eigenvalue weighted by Crippen LogP contribution is 2.51. The van der Waals surface area contributed by atoms with E-state index in [4.69, 9.17) is 9.47 Å². The smallest absolute Gasteiger partial charge is 0.377 e. The quantitative estimate of drug-likeness (QED) is 0.766. The molecular weight excluding hydrogens is 340 g/mol. The van der Waals surface area contributed by atoms with Crippen LogP contribution in [0.2, 0.25) is 0 Å². The summed E-state index contributed by atoms with van der Waals surface area (Å²) in [6.45, 7) is 0. The van der Waals surface area contributed by atoms with Crippen molar-refractivity contribution in [1.82, 2.24) is 0 Å². The van der Waals surface area contributed by atoms with Crippen molar-refractivity contribution >= 4 is 35.2 Å². The SMILES string of the molecule is CN(C)c1ccc2c(c1)[N+]1=CCCC=[N+]3c4cc(N(C)C)ccc4OC13O2. The van der Waals surface area contributed by atoms with Gasteiger partial charge in [0, 0.05) is 64.5 Å². The van der Waals surface area contributed by atoms with Crippen LogP contribution in [0, 0.1) is 0 Å². The minimum absolute atomic E-state index is 0.831. The van der Waals surface area contributed by atoms with Gasteiger partial charge in [0.05, 0.1) is 0 Å². The zero-order chi connectivity index (χ0) is 18.8. The molecule has 2 aromatic rings. The maximum atomic E-state index is 6.46. The van der Waals surface area contributed by atoms with Gasteiger partial charge in [-0.05, 0) is 24.3 Å². The molecule has 3 aliphatic rings. The van der Waals surface area contributed by atoms with Crippen LogP contribution in [0.3, 0.4) is 0 Å². The number of hydrogen-bond acceptors (Lipinski definition) is 4. The molecule has 138 valence electrons. The molecule has 0 N–H and O–H groups in total. The van der Waals surface area contributed by atoms with Crippen LogP contribution in [0.25, 0.3) is 0 Å². The Morgan fingerprint density at radius 1 is 0.741 bits per heavy atom. The van der Waals surface area contributed by atoms with Gasteiger partial charge in [-0.25, -0.2) is 0 Å². The van der Waals surface area contributed by atoms with Crippen molar-refractivity contribution in [3.63, 3.8) is 0 Å². The third-order valence-corrected chi connectivity index (χ3v) is 5.32. The van der Waals surface area contributed by atoms with E-state index in [1.807, 2.05) is 40.3 Å². The summed E-state index contributed by atoms with van der Waals surface area (Å²) in [6.07, 6.45) is 6.22. The van der Waals surface area contributed by atoms with Gasteiger partial charge >= 0.3 is 6.03 Å². The molecule has 0 unspecified atom stereocenters. The lowest BCUT2D eigenvalue weighted by Gasteiger charge is -2.11. The van der Waals surface area contributed by atoms with Gasteiger partial charge in [-0.2, -0.15) is 0 Å². The largest absolute Gasteiger partial charge is 0.714 e. The Bertz CT molecular complexity index is 926. The van der Waals surface area contributed by atoms with E-state index in [1.54, 1.807) is 0 Å². The Hall–Kier alpha value is -3.02. The van der Waals surface area contributed by atoms with Crippen molar-refractivity contribution in [3.8, 4) is 11.5 Å². The molecule has 0 amide bonds. The van der Waals surface area contributed by atoms with Crippen molar-refractivity contribution in [2.24, 2.45) is 0 Å². The molecule has 6 nitrogen and oxygen atoms in total. The number of rotatable bonds is 2. The Morgan fingerprint density at radius 2 is 1.19 bits per heavy atom. The van der Waals surface area contributed by atoms with Gasteiger partial charge in [0.25, 0.3) is 11.4 Å². The summed E-state index contributed by atoms with van der Waals surface area (Å²) in [5, 5.41) is 0.